The van der Waals surface area contributed by atoms with Crippen LogP contribution in [0.25, 0.3) is 0 Å². The Balaban J connectivity index is 2.34. The summed E-state index contributed by atoms with van der Waals surface area (Å²) in [5, 5.41) is 4.38. The van der Waals surface area contributed by atoms with Crippen molar-refractivity contribution < 1.29 is 4.74 Å². The molecule has 1 rings (SSSR count). The van der Waals surface area contributed by atoms with E-state index in [1.165, 1.54) is 5.56 Å². The van der Waals surface area contributed by atoms with Gasteiger partial charge in [0.25, 0.3) is 0 Å². The van der Waals surface area contributed by atoms with E-state index < -0.39 is 0 Å². The summed E-state index contributed by atoms with van der Waals surface area (Å²) in [5.41, 5.74) is 1.30. The van der Waals surface area contributed by atoms with E-state index in [0.29, 0.717) is 6.04 Å². The minimum Gasteiger partial charge on any atom is -0.383 e. The van der Waals surface area contributed by atoms with Gasteiger partial charge < -0.3 is 15.0 Å². The molecule has 0 saturated heterocycles. The van der Waals surface area contributed by atoms with Crippen molar-refractivity contribution in [3.63, 3.8) is 0 Å². The number of ether oxygens (including phenoxy) is 1. The van der Waals surface area contributed by atoms with E-state index >= 15 is 0 Å². The van der Waals surface area contributed by atoms with E-state index in [1.54, 1.807) is 7.11 Å². The van der Waals surface area contributed by atoms with E-state index in [4.69, 9.17) is 16.3 Å². The maximum atomic E-state index is 5.92. The number of likely N-dealkylation sites (N-methyl/N-ethyl adjacent to an activating group) is 1. The molecule has 0 amide bonds. The molecule has 0 aliphatic carbocycles. The van der Waals surface area contributed by atoms with Gasteiger partial charge in [0.15, 0.2) is 0 Å². The Kier molecular flexibility index (Phi) is 8.07. The second kappa shape index (κ2) is 9.32. The summed E-state index contributed by atoms with van der Waals surface area (Å²) in [6, 6.07) is 8.49. The molecule has 1 N–H and O–H groups in total. The predicted octanol–water partition coefficient (Wildman–Crippen LogP) is 2.96. The lowest BCUT2D eigenvalue weighted by molar-refractivity contribution is 0.161. The van der Waals surface area contributed by atoms with Crippen LogP contribution in [0.1, 0.15) is 24.9 Å². The van der Waals surface area contributed by atoms with Crippen LogP contribution < -0.4 is 5.32 Å². The fraction of sp³-hybridized carbons (Fsp3) is 0.600. The van der Waals surface area contributed by atoms with Crippen LogP contribution in [-0.4, -0.2) is 45.3 Å². The maximum absolute atomic E-state index is 5.92. The quantitative estimate of drug-likeness (QED) is 0.754. The second-order valence-electron chi connectivity index (χ2n) is 4.76. The van der Waals surface area contributed by atoms with E-state index in [-0.39, 0.29) is 0 Å². The van der Waals surface area contributed by atoms with Gasteiger partial charge in [0, 0.05) is 37.8 Å². The molecule has 4 heteroatoms. The van der Waals surface area contributed by atoms with Crippen LogP contribution in [0.4, 0.5) is 0 Å². The standard InChI is InChI=1S/C15H25ClN2O/c1-4-15(13-5-7-14(16)8-6-13)17-9-10-18(2)11-12-19-3/h5-8,15,17H,4,9-12H2,1-3H3. The first-order valence-electron chi connectivity index (χ1n) is 6.83. The monoisotopic (exact) mass is 284 g/mol. The van der Waals surface area contributed by atoms with Gasteiger partial charge in [0.2, 0.25) is 0 Å². The highest BCUT2D eigenvalue weighted by atomic mass is 35.5. The lowest BCUT2D eigenvalue weighted by Gasteiger charge is -2.21. The molecule has 0 saturated carbocycles. The highest BCUT2D eigenvalue weighted by Gasteiger charge is 2.08. The number of nitrogens with one attached hydrogen (secondary N) is 1. The van der Waals surface area contributed by atoms with Crippen molar-refractivity contribution in [2.45, 2.75) is 19.4 Å². The highest BCUT2D eigenvalue weighted by molar-refractivity contribution is 6.30. The van der Waals surface area contributed by atoms with Crippen LogP contribution in [0.5, 0.6) is 0 Å². The average molecular weight is 285 g/mol. The smallest absolute Gasteiger partial charge is 0.0589 e. The SMILES string of the molecule is CCC(NCCN(C)CCOC)c1ccc(Cl)cc1. The van der Waals surface area contributed by atoms with Gasteiger partial charge in [0.1, 0.15) is 0 Å². The van der Waals surface area contributed by atoms with E-state index in [2.05, 4.69) is 36.3 Å². The molecule has 0 aliphatic heterocycles. The van der Waals surface area contributed by atoms with Gasteiger partial charge >= 0.3 is 0 Å². The van der Waals surface area contributed by atoms with Crippen molar-refractivity contribution in [1.29, 1.82) is 0 Å². The first-order chi connectivity index (χ1) is 9.17. The summed E-state index contributed by atoms with van der Waals surface area (Å²) in [7, 11) is 3.85. The topological polar surface area (TPSA) is 24.5 Å². The maximum Gasteiger partial charge on any atom is 0.0589 e. The van der Waals surface area contributed by atoms with Crippen molar-refractivity contribution in [3.8, 4) is 0 Å². The van der Waals surface area contributed by atoms with Gasteiger partial charge in [0.05, 0.1) is 6.61 Å². The average Bonchev–Trinajstić information content (AvgIpc) is 2.42. The largest absolute Gasteiger partial charge is 0.383 e. The number of rotatable bonds is 9. The fourth-order valence-corrected chi connectivity index (χ4v) is 2.11. The first-order valence-corrected chi connectivity index (χ1v) is 7.21. The molecule has 1 aromatic rings. The van der Waals surface area contributed by atoms with Crippen LogP contribution in [0.3, 0.4) is 0 Å². The van der Waals surface area contributed by atoms with Crippen molar-refractivity contribution in [2.75, 3.05) is 40.4 Å². The lowest BCUT2D eigenvalue weighted by Crippen LogP contribution is -2.33. The molecule has 0 spiro atoms. The van der Waals surface area contributed by atoms with Crippen molar-refractivity contribution in [2.24, 2.45) is 0 Å². The molecule has 0 fully saturated rings. The highest BCUT2D eigenvalue weighted by Crippen LogP contribution is 2.18. The summed E-state index contributed by atoms with van der Waals surface area (Å²) in [6.07, 6.45) is 1.07. The zero-order valence-electron chi connectivity index (χ0n) is 12.2. The Morgan fingerprint density at radius 1 is 1.26 bits per heavy atom. The van der Waals surface area contributed by atoms with Gasteiger partial charge in [-0.05, 0) is 31.2 Å². The van der Waals surface area contributed by atoms with Gasteiger partial charge in [-0.1, -0.05) is 30.7 Å². The molecule has 1 unspecified atom stereocenters. The van der Waals surface area contributed by atoms with Gasteiger partial charge in [-0.15, -0.1) is 0 Å². The molecular formula is C15H25ClN2O. The van der Waals surface area contributed by atoms with E-state index in [0.717, 1.165) is 37.7 Å². The molecular weight excluding hydrogens is 260 g/mol. The summed E-state index contributed by atoms with van der Waals surface area (Å²) >= 11 is 5.92. The van der Waals surface area contributed by atoms with Gasteiger partial charge in [-0.3, -0.25) is 0 Å². The van der Waals surface area contributed by atoms with Crippen LogP contribution in [0.2, 0.25) is 5.02 Å². The summed E-state index contributed by atoms with van der Waals surface area (Å²) in [6.45, 7) is 5.94. The molecule has 0 aliphatic rings. The normalized spacial score (nSPS) is 12.9. The number of hydrogen-bond acceptors (Lipinski definition) is 3. The third kappa shape index (κ3) is 6.39. The molecule has 0 radical (unpaired) electrons. The molecule has 19 heavy (non-hydrogen) atoms. The number of hydrogen-bond donors (Lipinski definition) is 1. The Morgan fingerprint density at radius 2 is 1.95 bits per heavy atom. The zero-order chi connectivity index (χ0) is 14.1. The van der Waals surface area contributed by atoms with Crippen LogP contribution >= 0.6 is 11.6 Å². The molecule has 1 aromatic carbocycles. The lowest BCUT2D eigenvalue weighted by atomic mass is 10.0. The molecule has 0 aromatic heterocycles. The number of benzene rings is 1. The minimum atomic E-state index is 0.396. The first kappa shape index (κ1) is 16.4. The summed E-state index contributed by atoms with van der Waals surface area (Å²) < 4.78 is 5.07. The summed E-state index contributed by atoms with van der Waals surface area (Å²) in [5.74, 6) is 0. The third-order valence-corrected chi connectivity index (χ3v) is 3.49. The van der Waals surface area contributed by atoms with Crippen molar-refractivity contribution in [1.82, 2.24) is 10.2 Å². The molecule has 0 bridgehead atoms. The van der Waals surface area contributed by atoms with Crippen LogP contribution in [-0.2, 0) is 4.74 Å². The fourth-order valence-electron chi connectivity index (χ4n) is 1.98. The van der Waals surface area contributed by atoms with Gasteiger partial charge in [-0.25, -0.2) is 0 Å². The molecule has 108 valence electrons. The number of methoxy groups -OCH3 is 1. The molecule has 1 atom stereocenters. The van der Waals surface area contributed by atoms with E-state index in [1.807, 2.05) is 12.1 Å². The third-order valence-electron chi connectivity index (χ3n) is 3.24. The second-order valence-corrected chi connectivity index (χ2v) is 5.20. The van der Waals surface area contributed by atoms with Crippen LogP contribution in [0, 0.1) is 0 Å². The Hall–Kier alpha value is -0.610. The molecule has 3 nitrogen and oxygen atoms in total. The van der Waals surface area contributed by atoms with E-state index in [9.17, 15) is 0 Å². The summed E-state index contributed by atoms with van der Waals surface area (Å²) in [4.78, 5) is 2.27. The molecule has 0 heterocycles. The number of halogens is 1. The predicted molar refractivity (Wildman–Crippen MR) is 81.9 cm³/mol. The van der Waals surface area contributed by atoms with Gasteiger partial charge in [-0.2, -0.15) is 0 Å². The Labute approximate surface area is 121 Å². The Morgan fingerprint density at radius 3 is 2.53 bits per heavy atom. The van der Waals surface area contributed by atoms with Crippen molar-refractivity contribution >= 4 is 11.6 Å². The van der Waals surface area contributed by atoms with Crippen LogP contribution in [0.15, 0.2) is 24.3 Å². The van der Waals surface area contributed by atoms with Crippen molar-refractivity contribution in [3.05, 3.63) is 34.9 Å². The minimum absolute atomic E-state index is 0.396. The zero-order valence-corrected chi connectivity index (χ0v) is 12.9. The number of nitrogens with zero attached hydrogens (tertiary/aromatic N) is 1. The Bertz CT molecular complexity index is 343.